The molecule has 1 aromatic rings. The highest BCUT2D eigenvalue weighted by molar-refractivity contribution is 5.76. The summed E-state index contributed by atoms with van der Waals surface area (Å²) in [5.41, 5.74) is 0. The van der Waals surface area contributed by atoms with E-state index in [1.165, 1.54) is 0 Å². The monoisotopic (exact) mass is 352 g/mol. The van der Waals surface area contributed by atoms with Gasteiger partial charge in [0.05, 0.1) is 19.3 Å². The summed E-state index contributed by atoms with van der Waals surface area (Å²) in [5, 5.41) is 22.3. The Kier molecular flexibility index (Phi) is 8.51. The number of aromatic hydroxyl groups is 1. The van der Waals surface area contributed by atoms with Gasteiger partial charge in [0.15, 0.2) is 0 Å². The molecule has 0 saturated carbocycles. The Hall–Kier alpha value is -1.83. The fourth-order valence-corrected chi connectivity index (χ4v) is 2.55. The number of phenolic OH excluding ortho intramolecular Hbond substituents is 1. The van der Waals surface area contributed by atoms with Crippen LogP contribution in [0.1, 0.15) is 19.3 Å². The van der Waals surface area contributed by atoms with Gasteiger partial charge in [-0.2, -0.15) is 0 Å². The Morgan fingerprint density at radius 3 is 2.68 bits per heavy atom. The molecule has 0 bridgehead atoms. The van der Waals surface area contributed by atoms with Crippen molar-refractivity contribution in [3.8, 4) is 11.5 Å². The van der Waals surface area contributed by atoms with Gasteiger partial charge in [0, 0.05) is 19.5 Å². The van der Waals surface area contributed by atoms with Gasteiger partial charge in [0.2, 0.25) is 5.91 Å². The van der Waals surface area contributed by atoms with E-state index < -0.39 is 6.10 Å². The summed E-state index contributed by atoms with van der Waals surface area (Å²) in [6.45, 7) is 4.29. The van der Waals surface area contributed by atoms with E-state index in [4.69, 9.17) is 9.47 Å². The zero-order valence-corrected chi connectivity index (χ0v) is 14.5. The second kappa shape index (κ2) is 10.9. The number of carbonyl (C=O) groups excluding carboxylic acids is 1. The Balaban J connectivity index is 1.46. The van der Waals surface area contributed by atoms with Gasteiger partial charge >= 0.3 is 0 Å². The number of phenols is 1. The van der Waals surface area contributed by atoms with Crippen LogP contribution >= 0.6 is 0 Å². The van der Waals surface area contributed by atoms with Crippen LogP contribution in [0.4, 0.5) is 0 Å². The third-order valence-corrected chi connectivity index (χ3v) is 4.04. The molecule has 0 aromatic heterocycles. The standard InChI is InChI=1S/C18H28N2O5/c21-15-3-5-17(6-4-15)25-14-16(22)7-9-19-8-1-2-18(23)20-10-12-24-13-11-20/h3-6,16,19,21-22H,1-2,7-14H2. The minimum atomic E-state index is -0.559. The molecule has 2 rings (SSSR count). The van der Waals surface area contributed by atoms with Crippen LogP contribution in [0.5, 0.6) is 11.5 Å². The molecule has 3 N–H and O–H groups in total. The van der Waals surface area contributed by atoms with Crippen LogP contribution in [0.3, 0.4) is 0 Å². The molecule has 7 heteroatoms. The molecule has 1 amide bonds. The molecule has 1 heterocycles. The van der Waals surface area contributed by atoms with E-state index in [2.05, 4.69) is 5.32 Å². The SMILES string of the molecule is O=C(CCCNCCC(O)COc1ccc(O)cc1)N1CCOCC1. The molecule has 7 nitrogen and oxygen atoms in total. The number of nitrogens with one attached hydrogen (secondary N) is 1. The maximum atomic E-state index is 12.0. The van der Waals surface area contributed by atoms with Gasteiger partial charge in [-0.3, -0.25) is 4.79 Å². The first-order valence-corrected chi connectivity index (χ1v) is 8.81. The second-order valence-electron chi connectivity index (χ2n) is 6.09. The van der Waals surface area contributed by atoms with Crippen molar-refractivity contribution in [1.29, 1.82) is 0 Å². The van der Waals surface area contributed by atoms with Crippen molar-refractivity contribution in [2.24, 2.45) is 0 Å². The van der Waals surface area contributed by atoms with E-state index in [1.807, 2.05) is 4.90 Å². The van der Waals surface area contributed by atoms with Crippen LogP contribution in [-0.4, -0.2) is 73.1 Å². The minimum absolute atomic E-state index is 0.184. The molecule has 1 atom stereocenters. The molecule has 1 aromatic carbocycles. The lowest BCUT2D eigenvalue weighted by atomic mass is 10.2. The number of aliphatic hydroxyl groups excluding tert-OH is 1. The first-order valence-electron chi connectivity index (χ1n) is 8.81. The Bertz CT molecular complexity index is 503. The third-order valence-electron chi connectivity index (χ3n) is 4.04. The predicted molar refractivity (Wildman–Crippen MR) is 93.7 cm³/mol. The lowest BCUT2D eigenvalue weighted by Gasteiger charge is -2.26. The summed E-state index contributed by atoms with van der Waals surface area (Å²) in [7, 11) is 0. The Morgan fingerprint density at radius 2 is 1.96 bits per heavy atom. The number of rotatable bonds is 10. The van der Waals surface area contributed by atoms with Crippen molar-refractivity contribution in [2.75, 3.05) is 46.0 Å². The van der Waals surface area contributed by atoms with Crippen LogP contribution in [0.25, 0.3) is 0 Å². The van der Waals surface area contributed by atoms with Crippen molar-refractivity contribution in [3.05, 3.63) is 24.3 Å². The Labute approximate surface area is 148 Å². The fourth-order valence-electron chi connectivity index (χ4n) is 2.55. The predicted octanol–water partition coefficient (Wildman–Crippen LogP) is 0.751. The highest BCUT2D eigenvalue weighted by Crippen LogP contribution is 2.16. The van der Waals surface area contributed by atoms with Gasteiger partial charge in [0.25, 0.3) is 0 Å². The summed E-state index contributed by atoms with van der Waals surface area (Å²) < 4.78 is 10.7. The van der Waals surface area contributed by atoms with Gasteiger partial charge in [-0.15, -0.1) is 0 Å². The van der Waals surface area contributed by atoms with E-state index in [1.54, 1.807) is 24.3 Å². The quantitative estimate of drug-likeness (QED) is 0.538. The van der Waals surface area contributed by atoms with E-state index >= 15 is 0 Å². The molecule has 1 aliphatic rings. The lowest BCUT2D eigenvalue weighted by Crippen LogP contribution is -2.40. The molecule has 1 unspecified atom stereocenters. The van der Waals surface area contributed by atoms with Crippen molar-refractivity contribution >= 4 is 5.91 Å². The van der Waals surface area contributed by atoms with Crippen molar-refractivity contribution in [1.82, 2.24) is 10.2 Å². The molecular weight excluding hydrogens is 324 g/mol. The topological polar surface area (TPSA) is 91.3 Å². The number of hydrogen-bond acceptors (Lipinski definition) is 6. The number of nitrogens with zero attached hydrogens (tertiary/aromatic N) is 1. The first-order chi connectivity index (χ1) is 12.1. The van der Waals surface area contributed by atoms with E-state index in [0.29, 0.717) is 51.4 Å². The van der Waals surface area contributed by atoms with Crippen molar-refractivity contribution in [2.45, 2.75) is 25.4 Å². The molecule has 0 aliphatic carbocycles. The molecule has 1 aliphatic heterocycles. The number of benzene rings is 1. The van der Waals surface area contributed by atoms with Crippen molar-refractivity contribution < 1.29 is 24.5 Å². The summed E-state index contributed by atoms with van der Waals surface area (Å²) >= 11 is 0. The summed E-state index contributed by atoms with van der Waals surface area (Å²) in [6.07, 6.45) is 1.35. The zero-order chi connectivity index (χ0) is 17.9. The molecule has 0 spiro atoms. The number of carbonyl (C=O) groups is 1. The van der Waals surface area contributed by atoms with Crippen LogP contribution in [0.15, 0.2) is 24.3 Å². The number of morpholine rings is 1. The molecule has 25 heavy (non-hydrogen) atoms. The summed E-state index contributed by atoms with van der Waals surface area (Å²) in [5.74, 6) is 0.989. The normalized spacial score (nSPS) is 15.8. The van der Waals surface area contributed by atoms with Gasteiger partial charge in [0.1, 0.15) is 18.1 Å². The largest absolute Gasteiger partial charge is 0.508 e. The average Bonchev–Trinajstić information content (AvgIpc) is 2.64. The van der Waals surface area contributed by atoms with Crippen LogP contribution in [0.2, 0.25) is 0 Å². The van der Waals surface area contributed by atoms with Gasteiger partial charge in [-0.1, -0.05) is 0 Å². The van der Waals surface area contributed by atoms with E-state index in [0.717, 1.165) is 13.0 Å². The summed E-state index contributed by atoms with van der Waals surface area (Å²) in [6, 6.07) is 6.40. The number of hydrogen-bond donors (Lipinski definition) is 3. The smallest absolute Gasteiger partial charge is 0.222 e. The van der Waals surface area contributed by atoms with Crippen LogP contribution in [0, 0.1) is 0 Å². The van der Waals surface area contributed by atoms with Crippen LogP contribution in [-0.2, 0) is 9.53 Å². The van der Waals surface area contributed by atoms with E-state index in [9.17, 15) is 15.0 Å². The van der Waals surface area contributed by atoms with Crippen molar-refractivity contribution in [3.63, 3.8) is 0 Å². The summed E-state index contributed by atoms with van der Waals surface area (Å²) in [4.78, 5) is 13.8. The average molecular weight is 352 g/mol. The highest BCUT2D eigenvalue weighted by atomic mass is 16.5. The molecule has 1 fully saturated rings. The maximum Gasteiger partial charge on any atom is 0.222 e. The molecular formula is C18H28N2O5. The number of ether oxygens (including phenoxy) is 2. The molecule has 140 valence electrons. The van der Waals surface area contributed by atoms with Gasteiger partial charge in [-0.25, -0.2) is 0 Å². The second-order valence-corrected chi connectivity index (χ2v) is 6.09. The van der Waals surface area contributed by atoms with Gasteiger partial charge < -0.3 is 29.9 Å². The highest BCUT2D eigenvalue weighted by Gasteiger charge is 2.15. The molecule has 0 radical (unpaired) electrons. The first kappa shape index (κ1) is 19.5. The number of aliphatic hydroxyl groups is 1. The minimum Gasteiger partial charge on any atom is -0.508 e. The van der Waals surface area contributed by atoms with Crippen LogP contribution < -0.4 is 10.1 Å². The maximum absolute atomic E-state index is 12.0. The van der Waals surface area contributed by atoms with E-state index in [-0.39, 0.29) is 18.3 Å². The Morgan fingerprint density at radius 1 is 1.24 bits per heavy atom. The number of amides is 1. The van der Waals surface area contributed by atoms with Gasteiger partial charge in [-0.05, 0) is 50.2 Å². The fraction of sp³-hybridized carbons (Fsp3) is 0.611. The third kappa shape index (κ3) is 7.72. The zero-order valence-electron chi connectivity index (χ0n) is 14.5. The molecule has 1 saturated heterocycles. The lowest BCUT2D eigenvalue weighted by molar-refractivity contribution is -0.135.